The Morgan fingerprint density at radius 1 is 1.26 bits per heavy atom. The van der Waals surface area contributed by atoms with Crippen molar-refractivity contribution < 1.29 is 0 Å². The fraction of sp³-hybridized carbons (Fsp3) is 0.143. The Morgan fingerprint density at radius 3 is 2.79 bits per heavy atom. The van der Waals surface area contributed by atoms with Gasteiger partial charge in [-0.3, -0.25) is 4.57 Å². The molecule has 5 heteroatoms. The standard InChI is InChI=1S/C14H16N4S/c1-2-10-18-13(15)16-17-14(18)19-11-6-9-12-7-4-3-5-8-12/h2-9H,1,10-11H2,(H2,15,16). The van der Waals surface area contributed by atoms with E-state index >= 15 is 0 Å². The minimum Gasteiger partial charge on any atom is -0.368 e. The van der Waals surface area contributed by atoms with Crippen LogP contribution >= 0.6 is 11.8 Å². The molecule has 2 N–H and O–H groups in total. The molecule has 4 nitrogen and oxygen atoms in total. The summed E-state index contributed by atoms with van der Waals surface area (Å²) in [5, 5.41) is 8.73. The molecule has 0 radical (unpaired) electrons. The zero-order valence-electron chi connectivity index (χ0n) is 10.6. The molecule has 0 aliphatic carbocycles. The number of anilines is 1. The largest absolute Gasteiger partial charge is 0.368 e. The molecule has 0 fully saturated rings. The monoisotopic (exact) mass is 272 g/mol. The van der Waals surface area contributed by atoms with Crippen molar-refractivity contribution in [1.82, 2.24) is 14.8 Å². The number of benzene rings is 1. The van der Waals surface area contributed by atoms with E-state index in [1.54, 1.807) is 17.8 Å². The van der Waals surface area contributed by atoms with E-state index in [0.29, 0.717) is 12.5 Å². The van der Waals surface area contributed by atoms with Crippen LogP contribution in [0.5, 0.6) is 0 Å². The maximum Gasteiger partial charge on any atom is 0.222 e. The number of nitrogens with two attached hydrogens (primary N) is 1. The van der Waals surface area contributed by atoms with Crippen molar-refractivity contribution in [2.75, 3.05) is 11.5 Å². The number of nitrogens with zero attached hydrogens (tertiary/aromatic N) is 3. The highest BCUT2D eigenvalue weighted by atomic mass is 32.2. The van der Waals surface area contributed by atoms with Crippen LogP contribution in [0, 0.1) is 0 Å². The molecule has 0 spiro atoms. The Kier molecular flexibility index (Phi) is 4.80. The third kappa shape index (κ3) is 3.72. The van der Waals surface area contributed by atoms with Crippen LogP contribution in [0.1, 0.15) is 5.56 Å². The SMILES string of the molecule is C=CCn1c(N)nnc1SCC=Cc1ccccc1. The molecule has 0 saturated heterocycles. The van der Waals surface area contributed by atoms with Crippen molar-refractivity contribution in [1.29, 1.82) is 0 Å². The predicted molar refractivity (Wildman–Crippen MR) is 80.8 cm³/mol. The number of rotatable bonds is 6. The molecule has 2 rings (SSSR count). The van der Waals surface area contributed by atoms with Crippen molar-refractivity contribution in [3.8, 4) is 0 Å². The number of allylic oxidation sites excluding steroid dienone is 1. The topological polar surface area (TPSA) is 56.7 Å². The molecule has 2 aromatic rings. The molecule has 0 saturated carbocycles. The van der Waals surface area contributed by atoms with E-state index < -0.39 is 0 Å². The summed E-state index contributed by atoms with van der Waals surface area (Å²) < 4.78 is 1.84. The Bertz CT molecular complexity index is 560. The highest BCUT2D eigenvalue weighted by molar-refractivity contribution is 7.99. The Labute approximate surface area is 117 Å². The van der Waals surface area contributed by atoms with E-state index in [0.717, 1.165) is 10.9 Å². The summed E-state index contributed by atoms with van der Waals surface area (Å²) in [5.74, 6) is 1.25. The summed E-state index contributed by atoms with van der Waals surface area (Å²) in [6.07, 6.45) is 5.97. The highest BCUT2D eigenvalue weighted by Gasteiger charge is 2.07. The molecular formula is C14H16N4S. The summed E-state index contributed by atoms with van der Waals surface area (Å²) in [7, 11) is 0. The summed E-state index contributed by atoms with van der Waals surface area (Å²) in [6, 6.07) is 10.2. The molecule has 0 unspecified atom stereocenters. The number of nitrogen functional groups attached to an aromatic ring is 1. The second-order valence-electron chi connectivity index (χ2n) is 3.86. The number of hydrogen-bond donors (Lipinski definition) is 1. The van der Waals surface area contributed by atoms with Gasteiger partial charge in [-0.1, -0.05) is 60.3 Å². The molecule has 0 aliphatic heterocycles. The fourth-order valence-corrected chi connectivity index (χ4v) is 2.34. The first-order valence-corrected chi connectivity index (χ1v) is 6.94. The van der Waals surface area contributed by atoms with Gasteiger partial charge < -0.3 is 5.73 Å². The van der Waals surface area contributed by atoms with Crippen LogP contribution in [-0.4, -0.2) is 20.5 Å². The lowest BCUT2D eigenvalue weighted by Crippen LogP contribution is -2.02. The van der Waals surface area contributed by atoms with Gasteiger partial charge in [0.1, 0.15) is 0 Å². The van der Waals surface area contributed by atoms with E-state index in [4.69, 9.17) is 5.73 Å². The predicted octanol–water partition coefficient (Wildman–Crippen LogP) is 2.85. The molecule has 1 heterocycles. The Morgan fingerprint density at radius 2 is 2.05 bits per heavy atom. The van der Waals surface area contributed by atoms with Crippen molar-refractivity contribution >= 4 is 23.8 Å². The zero-order valence-corrected chi connectivity index (χ0v) is 11.4. The van der Waals surface area contributed by atoms with Gasteiger partial charge in [0.05, 0.1) is 0 Å². The van der Waals surface area contributed by atoms with E-state index in [-0.39, 0.29) is 0 Å². The van der Waals surface area contributed by atoms with Gasteiger partial charge in [-0.05, 0) is 5.56 Å². The van der Waals surface area contributed by atoms with Gasteiger partial charge in [-0.15, -0.1) is 16.8 Å². The average Bonchev–Trinajstić information content (AvgIpc) is 2.78. The minimum absolute atomic E-state index is 0.425. The van der Waals surface area contributed by atoms with Crippen LogP contribution in [-0.2, 0) is 6.54 Å². The minimum atomic E-state index is 0.425. The lowest BCUT2D eigenvalue weighted by atomic mass is 10.2. The van der Waals surface area contributed by atoms with Crippen LogP contribution in [0.2, 0.25) is 0 Å². The van der Waals surface area contributed by atoms with Crippen molar-refractivity contribution in [2.45, 2.75) is 11.7 Å². The second kappa shape index (κ2) is 6.80. The van der Waals surface area contributed by atoms with Crippen LogP contribution in [0.3, 0.4) is 0 Å². The first kappa shape index (κ1) is 13.4. The third-order valence-electron chi connectivity index (χ3n) is 2.48. The molecule has 0 atom stereocenters. The Hall–Kier alpha value is -2.01. The molecular weight excluding hydrogens is 256 g/mol. The summed E-state index contributed by atoms with van der Waals surface area (Å²) in [4.78, 5) is 0. The lowest BCUT2D eigenvalue weighted by Gasteiger charge is -2.02. The van der Waals surface area contributed by atoms with Crippen LogP contribution in [0.15, 0.2) is 54.2 Å². The maximum atomic E-state index is 5.73. The first-order chi connectivity index (χ1) is 9.31. The summed E-state index contributed by atoms with van der Waals surface area (Å²) in [5.41, 5.74) is 6.92. The number of aromatic nitrogens is 3. The first-order valence-electron chi connectivity index (χ1n) is 5.95. The van der Waals surface area contributed by atoms with Gasteiger partial charge in [0, 0.05) is 12.3 Å². The fourth-order valence-electron chi connectivity index (χ4n) is 1.58. The smallest absolute Gasteiger partial charge is 0.222 e. The van der Waals surface area contributed by atoms with E-state index in [1.807, 2.05) is 22.8 Å². The second-order valence-corrected chi connectivity index (χ2v) is 4.85. The van der Waals surface area contributed by atoms with Crippen molar-refractivity contribution in [2.24, 2.45) is 0 Å². The highest BCUT2D eigenvalue weighted by Crippen LogP contribution is 2.18. The summed E-state index contributed by atoms with van der Waals surface area (Å²) >= 11 is 1.60. The molecule has 0 bridgehead atoms. The maximum absolute atomic E-state index is 5.73. The summed E-state index contributed by atoms with van der Waals surface area (Å²) in [6.45, 7) is 4.33. The molecule has 1 aromatic heterocycles. The Balaban J connectivity index is 1.92. The lowest BCUT2D eigenvalue weighted by molar-refractivity contribution is 0.734. The van der Waals surface area contributed by atoms with E-state index in [1.165, 1.54) is 5.56 Å². The number of thioether (sulfide) groups is 1. The van der Waals surface area contributed by atoms with Gasteiger partial charge in [-0.2, -0.15) is 0 Å². The van der Waals surface area contributed by atoms with Crippen LogP contribution in [0.4, 0.5) is 5.95 Å². The van der Waals surface area contributed by atoms with Gasteiger partial charge in [0.15, 0.2) is 5.16 Å². The number of hydrogen-bond acceptors (Lipinski definition) is 4. The molecule has 19 heavy (non-hydrogen) atoms. The van der Waals surface area contributed by atoms with Crippen molar-refractivity contribution in [3.63, 3.8) is 0 Å². The molecule has 98 valence electrons. The third-order valence-corrected chi connectivity index (χ3v) is 3.40. The van der Waals surface area contributed by atoms with Gasteiger partial charge in [-0.25, -0.2) is 0 Å². The average molecular weight is 272 g/mol. The quantitative estimate of drug-likeness (QED) is 0.649. The van der Waals surface area contributed by atoms with Gasteiger partial charge >= 0.3 is 0 Å². The van der Waals surface area contributed by atoms with Crippen LogP contribution in [0.25, 0.3) is 6.08 Å². The van der Waals surface area contributed by atoms with E-state index in [2.05, 4.69) is 41.1 Å². The van der Waals surface area contributed by atoms with Crippen LogP contribution < -0.4 is 5.73 Å². The normalized spacial score (nSPS) is 10.9. The van der Waals surface area contributed by atoms with Crippen molar-refractivity contribution in [3.05, 3.63) is 54.6 Å². The van der Waals surface area contributed by atoms with Gasteiger partial charge in [0.25, 0.3) is 0 Å². The van der Waals surface area contributed by atoms with Gasteiger partial charge in [0.2, 0.25) is 5.95 Å². The zero-order chi connectivity index (χ0) is 13.5. The molecule has 0 amide bonds. The molecule has 1 aromatic carbocycles. The van der Waals surface area contributed by atoms with E-state index in [9.17, 15) is 0 Å². The molecule has 0 aliphatic rings.